The zero-order chi connectivity index (χ0) is 14.2. The van der Waals surface area contributed by atoms with Gasteiger partial charge in [0, 0.05) is 11.0 Å². The Morgan fingerprint density at radius 1 is 1.15 bits per heavy atom. The largest absolute Gasteiger partial charge is 0.492 e. The zero-order valence-electron chi connectivity index (χ0n) is 13.0. The Morgan fingerprint density at radius 2 is 1.95 bits per heavy atom. The Kier molecular flexibility index (Phi) is 3.40. The van der Waals surface area contributed by atoms with Gasteiger partial charge in [-0.2, -0.15) is 0 Å². The lowest BCUT2D eigenvalue weighted by molar-refractivity contribution is 0.135. The normalized spacial score (nSPS) is 25.9. The molecule has 0 saturated carbocycles. The predicted molar refractivity (Wildman–Crippen MR) is 84.2 cm³/mol. The quantitative estimate of drug-likeness (QED) is 0.667. The maximum atomic E-state index is 6.06. The summed E-state index contributed by atoms with van der Waals surface area (Å²) in [7, 11) is 0. The van der Waals surface area contributed by atoms with E-state index >= 15 is 0 Å². The Labute approximate surface area is 123 Å². The second-order valence-corrected chi connectivity index (χ2v) is 7.40. The molecule has 20 heavy (non-hydrogen) atoms. The molecule has 1 aliphatic heterocycles. The van der Waals surface area contributed by atoms with Crippen LogP contribution in [0.1, 0.15) is 58.4 Å². The Hall–Kier alpha value is -1.24. The van der Waals surface area contributed by atoms with Gasteiger partial charge in [0.15, 0.2) is 0 Å². The first kappa shape index (κ1) is 13.7. The van der Waals surface area contributed by atoms with Crippen LogP contribution in [0.15, 0.2) is 35.9 Å². The molecule has 1 aliphatic carbocycles. The van der Waals surface area contributed by atoms with Crippen LogP contribution in [0.3, 0.4) is 0 Å². The van der Waals surface area contributed by atoms with Gasteiger partial charge in [0.05, 0.1) is 6.61 Å². The first-order chi connectivity index (χ1) is 9.53. The van der Waals surface area contributed by atoms with E-state index in [0.717, 1.165) is 18.8 Å². The Morgan fingerprint density at radius 3 is 2.65 bits per heavy atom. The van der Waals surface area contributed by atoms with Crippen molar-refractivity contribution in [2.24, 2.45) is 5.41 Å². The summed E-state index contributed by atoms with van der Waals surface area (Å²) in [5, 5.41) is 0. The predicted octanol–water partition coefficient (Wildman–Crippen LogP) is 5.25. The van der Waals surface area contributed by atoms with Crippen LogP contribution < -0.4 is 4.74 Å². The highest BCUT2D eigenvalue weighted by Gasteiger charge is 2.49. The Bertz CT molecular complexity index is 521. The monoisotopic (exact) mass is 270 g/mol. The summed E-state index contributed by atoms with van der Waals surface area (Å²) in [6, 6.07) is 8.63. The fourth-order valence-electron chi connectivity index (χ4n) is 3.75. The van der Waals surface area contributed by atoms with Crippen LogP contribution in [0.5, 0.6) is 5.75 Å². The van der Waals surface area contributed by atoms with E-state index < -0.39 is 0 Å². The lowest BCUT2D eigenvalue weighted by atomic mass is 9.60. The number of benzene rings is 1. The number of fused-ring (bicyclic) bond motifs is 1. The lowest BCUT2D eigenvalue weighted by Crippen LogP contribution is -2.42. The molecule has 3 rings (SSSR count). The van der Waals surface area contributed by atoms with Gasteiger partial charge in [-0.25, -0.2) is 0 Å². The minimum absolute atomic E-state index is 0.132. The minimum Gasteiger partial charge on any atom is -0.492 e. The molecular formula is C19H26O. The highest BCUT2D eigenvalue weighted by molar-refractivity contribution is 5.46. The van der Waals surface area contributed by atoms with Crippen molar-refractivity contribution in [3.63, 3.8) is 0 Å². The van der Waals surface area contributed by atoms with Crippen LogP contribution in [-0.2, 0) is 5.41 Å². The number of para-hydroxylation sites is 1. The van der Waals surface area contributed by atoms with Crippen LogP contribution in [0, 0.1) is 5.41 Å². The maximum Gasteiger partial charge on any atom is 0.123 e. The molecule has 1 aromatic carbocycles. The average Bonchev–Trinajstić information content (AvgIpc) is 2.80. The number of hydrogen-bond acceptors (Lipinski definition) is 1. The lowest BCUT2D eigenvalue weighted by Gasteiger charge is -2.42. The molecule has 108 valence electrons. The number of allylic oxidation sites excluding steroid dienone is 2. The summed E-state index contributed by atoms with van der Waals surface area (Å²) < 4.78 is 6.06. The fourth-order valence-corrected chi connectivity index (χ4v) is 3.75. The molecule has 1 aromatic rings. The SMILES string of the molecule is CC(C)(C)[C@]1(CC2=CCCCC2)COc2ccccc21. The van der Waals surface area contributed by atoms with Crippen molar-refractivity contribution in [3.05, 3.63) is 41.5 Å². The summed E-state index contributed by atoms with van der Waals surface area (Å²) >= 11 is 0. The van der Waals surface area contributed by atoms with Crippen molar-refractivity contribution in [1.29, 1.82) is 0 Å². The minimum atomic E-state index is 0.132. The first-order valence-electron chi connectivity index (χ1n) is 7.93. The van der Waals surface area contributed by atoms with Gasteiger partial charge in [0.2, 0.25) is 0 Å². The van der Waals surface area contributed by atoms with Crippen LogP contribution >= 0.6 is 0 Å². The van der Waals surface area contributed by atoms with Crippen LogP contribution in [-0.4, -0.2) is 6.61 Å². The fraction of sp³-hybridized carbons (Fsp3) is 0.579. The second-order valence-electron chi connectivity index (χ2n) is 7.40. The van der Waals surface area contributed by atoms with Gasteiger partial charge in [-0.1, -0.05) is 50.6 Å². The summed E-state index contributed by atoms with van der Waals surface area (Å²) in [6.45, 7) is 7.92. The summed E-state index contributed by atoms with van der Waals surface area (Å²) in [6.07, 6.45) is 8.90. The highest BCUT2D eigenvalue weighted by Crippen LogP contribution is 2.53. The third-order valence-corrected chi connectivity index (χ3v) is 5.23. The molecule has 0 spiro atoms. The van der Waals surface area contributed by atoms with Crippen LogP contribution in [0.2, 0.25) is 0 Å². The second kappa shape index (κ2) is 4.95. The van der Waals surface area contributed by atoms with E-state index in [-0.39, 0.29) is 10.8 Å². The van der Waals surface area contributed by atoms with Gasteiger partial charge < -0.3 is 4.74 Å². The van der Waals surface area contributed by atoms with Crippen molar-refractivity contribution < 1.29 is 4.74 Å². The van der Waals surface area contributed by atoms with E-state index in [1.165, 1.54) is 31.2 Å². The van der Waals surface area contributed by atoms with Gasteiger partial charge >= 0.3 is 0 Å². The number of hydrogen-bond donors (Lipinski definition) is 0. The van der Waals surface area contributed by atoms with Crippen molar-refractivity contribution in [2.45, 2.75) is 58.3 Å². The van der Waals surface area contributed by atoms with Gasteiger partial charge in [-0.15, -0.1) is 0 Å². The zero-order valence-corrected chi connectivity index (χ0v) is 13.0. The summed E-state index contributed by atoms with van der Waals surface area (Å²) in [4.78, 5) is 0. The molecule has 0 fully saturated rings. The molecule has 1 heterocycles. The highest BCUT2D eigenvalue weighted by atomic mass is 16.5. The average molecular weight is 270 g/mol. The molecule has 1 atom stereocenters. The number of rotatable bonds is 2. The van der Waals surface area contributed by atoms with Gasteiger partial charge in [0.1, 0.15) is 5.75 Å². The molecule has 0 N–H and O–H groups in total. The van der Waals surface area contributed by atoms with E-state index in [2.05, 4.69) is 51.1 Å². The molecule has 1 heteroatoms. The van der Waals surface area contributed by atoms with Gasteiger partial charge in [-0.3, -0.25) is 0 Å². The maximum absolute atomic E-state index is 6.06. The molecule has 1 nitrogen and oxygen atoms in total. The summed E-state index contributed by atoms with van der Waals surface area (Å²) in [5.74, 6) is 1.10. The topological polar surface area (TPSA) is 9.23 Å². The smallest absolute Gasteiger partial charge is 0.123 e. The molecule has 0 bridgehead atoms. The summed E-state index contributed by atoms with van der Waals surface area (Å²) in [5.41, 5.74) is 3.40. The molecular weight excluding hydrogens is 244 g/mol. The van der Waals surface area contributed by atoms with Crippen molar-refractivity contribution in [1.82, 2.24) is 0 Å². The molecule has 0 saturated heterocycles. The van der Waals surface area contributed by atoms with Gasteiger partial charge in [-0.05, 0) is 43.6 Å². The van der Waals surface area contributed by atoms with E-state index in [0.29, 0.717) is 0 Å². The third-order valence-electron chi connectivity index (χ3n) is 5.23. The third kappa shape index (κ3) is 2.17. The first-order valence-corrected chi connectivity index (χ1v) is 7.93. The van der Waals surface area contributed by atoms with Crippen LogP contribution in [0.4, 0.5) is 0 Å². The molecule has 0 radical (unpaired) electrons. The van der Waals surface area contributed by atoms with Crippen LogP contribution in [0.25, 0.3) is 0 Å². The van der Waals surface area contributed by atoms with E-state index in [1.807, 2.05) is 0 Å². The van der Waals surface area contributed by atoms with E-state index in [9.17, 15) is 0 Å². The van der Waals surface area contributed by atoms with E-state index in [4.69, 9.17) is 4.74 Å². The van der Waals surface area contributed by atoms with Gasteiger partial charge in [0.25, 0.3) is 0 Å². The standard InChI is InChI=1S/C19H26O/c1-18(2,3)19(13-15-9-5-4-6-10-15)14-20-17-12-8-7-11-16(17)19/h7-9,11-12H,4-6,10,13-14H2,1-3H3/t19-/m1/s1. The van der Waals surface area contributed by atoms with Crippen molar-refractivity contribution in [2.75, 3.05) is 6.61 Å². The van der Waals surface area contributed by atoms with Crippen molar-refractivity contribution >= 4 is 0 Å². The molecule has 0 aromatic heterocycles. The Balaban J connectivity index is 2.01. The number of ether oxygens (including phenoxy) is 1. The molecule has 2 aliphatic rings. The van der Waals surface area contributed by atoms with Crippen molar-refractivity contribution in [3.8, 4) is 5.75 Å². The molecule has 0 unspecified atom stereocenters. The molecule has 0 amide bonds. The van der Waals surface area contributed by atoms with E-state index in [1.54, 1.807) is 5.57 Å².